The van der Waals surface area contributed by atoms with E-state index < -0.39 is 5.54 Å². The maximum atomic E-state index is 6.42. The summed E-state index contributed by atoms with van der Waals surface area (Å²) in [5.41, 5.74) is 7.13. The van der Waals surface area contributed by atoms with Crippen molar-refractivity contribution in [2.45, 2.75) is 44.1 Å². The third kappa shape index (κ3) is 3.08. The highest BCUT2D eigenvalue weighted by Crippen LogP contribution is 2.33. The van der Waals surface area contributed by atoms with E-state index in [2.05, 4.69) is 10.1 Å². The van der Waals surface area contributed by atoms with Crippen LogP contribution in [-0.2, 0) is 12.0 Å². The first-order valence-corrected chi connectivity index (χ1v) is 7.44. The molecule has 2 N–H and O–H groups in total. The molecule has 0 radical (unpaired) electrons. The highest BCUT2D eigenvalue weighted by atomic mass is 16.5. The summed E-state index contributed by atoms with van der Waals surface area (Å²) in [6, 6.07) is 7.86. The Hall–Kier alpha value is -1.88. The predicted octanol–water partition coefficient (Wildman–Crippen LogP) is 2.79. The summed E-state index contributed by atoms with van der Waals surface area (Å²) in [7, 11) is 1.66. The smallest absolute Gasteiger partial charge is 0.231 e. The van der Waals surface area contributed by atoms with Crippen LogP contribution < -0.4 is 10.5 Å². The quantitative estimate of drug-likeness (QED) is 0.936. The fourth-order valence-corrected chi connectivity index (χ4v) is 2.85. The van der Waals surface area contributed by atoms with Crippen molar-refractivity contribution in [1.82, 2.24) is 10.1 Å². The van der Waals surface area contributed by atoms with Crippen molar-refractivity contribution in [3.05, 3.63) is 41.5 Å². The highest BCUT2D eigenvalue weighted by Gasteiger charge is 2.34. The summed E-state index contributed by atoms with van der Waals surface area (Å²) in [6.45, 7) is 0. The van der Waals surface area contributed by atoms with Crippen molar-refractivity contribution in [3.8, 4) is 5.75 Å². The van der Waals surface area contributed by atoms with Gasteiger partial charge in [-0.3, -0.25) is 0 Å². The standard InChI is InChI=1S/C16H21N3O2/c1-20-13-7-5-12(6-8-13)11-14-18-15(19-21-14)16(17)9-3-2-4-10-16/h5-8H,2-4,9-11,17H2,1H3. The van der Waals surface area contributed by atoms with Crippen LogP contribution >= 0.6 is 0 Å². The van der Waals surface area contributed by atoms with Gasteiger partial charge in [-0.2, -0.15) is 4.98 Å². The lowest BCUT2D eigenvalue weighted by Gasteiger charge is -2.29. The largest absolute Gasteiger partial charge is 0.497 e. The molecule has 0 bridgehead atoms. The molecule has 21 heavy (non-hydrogen) atoms. The maximum Gasteiger partial charge on any atom is 0.231 e. The van der Waals surface area contributed by atoms with E-state index in [1.165, 1.54) is 6.42 Å². The second kappa shape index (κ2) is 5.85. The molecule has 5 nitrogen and oxygen atoms in total. The number of hydrogen-bond acceptors (Lipinski definition) is 5. The van der Waals surface area contributed by atoms with E-state index in [9.17, 15) is 0 Å². The molecule has 2 aromatic rings. The van der Waals surface area contributed by atoms with E-state index in [-0.39, 0.29) is 0 Å². The Bertz CT molecular complexity index is 586. The zero-order chi connectivity index (χ0) is 14.7. The first kappa shape index (κ1) is 14.1. The number of hydrogen-bond donors (Lipinski definition) is 1. The Morgan fingerprint density at radius 3 is 2.57 bits per heavy atom. The molecule has 1 fully saturated rings. The van der Waals surface area contributed by atoms with Gasteiger partial charge in [0.15, 0.2) is 5.82 Å². The Labute approximate surface area is 124 Å². The Kier molecular flexibility index (Phi) is 3.92. The first-order chi connectivity index (χ1) is 10.2. The first-order valence-electron chi connectivity index (χ1n) is 7.44. The number of rotatable bonds is 4. The molecule has 1 saturated carbocycles. The average Bonchev–Trinajstić information content (AvgIpc) is 2.98. The third-order valence-electron chi connectivity index (χ3n) is 4.17. The fraction of sp³-hybridized carbons (Fsp3) is 0.500. The zero-order valence-electron chi connectivity index (χ0n) is 12.3. The van der Waals surface area contributed by atoms with Crippen LogP contribution in [-0.4, -0.2) is 17.3 Å². The minimum Gasteiger partial charge on any atom is -0.497 e. The van der Waals surface area contributed by atoms with E-state index >= 15 is 0 Å². The molecular weight excluding hydrogens is 266 g/mol. The van der Waals surface area contributed by atoms with Gasteiger partial charge in [0.05, 0.1) is 19.1 Å². The minimum atomic E-state index is -0.403. The van der Waals surface area contributed by atoms with E-state index in [1.807, 2.05) is 24.3 Å². The number of nitrogens with zero attached hydrogens (tertiary/aromatic N) is 2. The molecule has 0 saturated heterocycles. The molecule has 5 heteroatoms. The van der Waals surface area contributed by atoms with E-state index in [0.29, 0.717) is 18.1 Å². The molecule has 112 valence electrons. The predicted molar refractivity (Wildman–Crippen MR) is 79.0 cm³/mol. The molecule has 0 spiro atoms. The van der Waals surface area contributed by atoms with Crippen molar-refractivity contribution in [3.63, 3.8) is 0 Å². The average molecular weight is 287 g/mol. The molecule has 1 aromatic heterocycles. The van der Waals surface area contributed by atoms with E-state index in [0.717, 1.165) is 37.0 Å². The molecular formula is C16H21N3O2. The number of methoxy groups -OCH3 is 1. The van der Waals surface area contributed by atoms with Crippen molar-refractivity contribution < 1.29 is 9.26 Å². The van der Waals surface area contributed by atoms with Crippen molar-refractivity contribution >= 4 is 0 Å². The Morgan fingerprint density at radius 1 is 1.19 bits per heavy atom. The van der Waals surface area contributed by atoms with Gasteiger partial charge in [0, 0.05) is 0 Å². The minimum absolute atomic E-state index is 0.403. The van der Waals surface area contributed by atoms with Crippen LogP contribution in [0, 0.1) is 0 Å². The number of nitrogens with two attached hydrogens (primary N) is 1. The topological polar surface area (TPSA) is 74.2 Å². The van der Waals surface area contributed by atoms with Gasteiger partial charge in [0.2, 0.25) is 5.89 Å². The second-order valence-electron chi connectivity index (χ2n) is 5.75. The van der Waals surface area contributed by atoms with Gasteiger partial charge in [-0.15, -0.1) is 0 Å². The lowest BCUT2D eigenvalue weighted by Crippen LogP contribution is -2.39. The van der Waals surface area contributed by atoms with Crippen LogP contribution in [0.2, 0.25) is 0 Å². The lowest BCUT2D eigenvalue weighted by atomic mass is 9.82. The van der Waals surface area contributed by atoms with Gasteiger partial charge in [0.25, 0.3) is 0 Å². The van der Waals surface area contributed by atoms with Gasteiger partial charge in [-0.05, 0) is 30.5 Å². The maximum absolute atomic E-state index is 6.42. The van der Waals surface area contributed by atoms with E-state index in [4.69, 9.17) is 15.0 Å². The molecule has 1 heterocycles. The normalized spacial score (nSPS) is 17.6. The summed E-state index contributed by atoms with van der Waals surface area (Å²) in [5.74, 6) is 2.12. The van der Waals surface area contributed by atoms with Gasteiger partial charge in [-0.25, -0.2) is 0 Å². The summed E-state index contributed by atoms with van der Waals surface area (Å²) in [4.78, 5) is 4.51. The lowest BCUT2D eigenvalue weighted by molar-refractivity contribution is 0.273. The van der Waals surface area contributed by atoms with Crippen LogP contribution in [0.4, 0.5) is 0 Å². The van der Waals surface area contributed by atoms with Gasteiger partial charge < -0.3 is 15.0 Å². The van der Waals surface area contributed by atoms with Crippen molar-refractivity contribution in [2.24, 2.45) is 5.73 Å². The van der Waals surface area contributed by atoms with Crippen LogP contribution in [0.5, 0.6) is 5.75 Å². The molecule has 1 aliphatic rings. The highest BCUT2D eigenvalue weighted by molar-refractivity contribution is 5.28. The third-order valence-corrected chi connectivity index (χ3v) is 4.17. The number of aromatic nitrogens is 2. The van der Waals surface area contributed by atoms with Gasteiger partial charge >= 0.3 is 0 Å². The summed E-state index contributed by atoms with van der Waals surface area (Å²) >= 11 is 0. The van der Waals surface area contributed by atoms with Gasteiger partial charge in [0.1, 0.15) is 5.75 Å². The van der Waals surface area contributed by atoms with E-state index in [1.54, 1.807) is 7.11 Å². The van der Waals surface area contributed by atoms with Crippen LogP contribution in [0.15, 0.2) is 28.8 Å². The fourth-order valence-electron chi connectivity index (χ4n) is 2.85. The number of ether oxygens (including phenoxy) is 1. The summed E-state index contributed by atoms with van der Waals surface area (Å²) < 4.78 is 10.5. The summed E-state index contributed by atoms with van der Waals surface area (Å²) in [6.07, 6.45) is 6.02. The Morgan fingerprint density at radius 2 is 1.90 bits per heavy atom. The SMILES string of the molecule is COc1ccc(Cc2nc(C3(N)CCCCC3)no2)cc1. The Balaban J connectivity index is 1.72. The molecule has 0 amide bonds. The second-order valence-corrected chi connectivity index (χ2v) is 5.75. The molecule has 1 aromatic carbocycles. The number of benzene rings is 1. The van der Waals surface area contributed by atoms with Crippen molar-refractivity contribution in [2.75, 3.05) is 7.11 Å². The zero-order valence-corrected chi connectivity index (χ0v) is 12.3. The van der Waals surface area contributed by atoms with Crippen molar-refractivity contribution in [1.29, 1.82) is 0 Å². The molecule has 0 unspecified atom stereocenters. The monoisotopic (exact) mass is 287 g/mol. The van der Waals surface area contributed by atoms with Crippen LogP contribution in [0.1, 0.15) is 49.4 Å². The molecule has 1 aliphatic carbocycles. The van der Waals surface area contributed by atoms with Crippen LogP contribution in [0.3, 0.4) is 0 Å². The molecule has 3 rings (SSSR count). The molecule has 0 atom stereocenters. The summed E-state index contributed by atoms with van der Waals surface area (Å²) in [5, 5.41) is 4.11. The van der Waals surface area contributed by atoms with Crippen LogP contribution in [0.25, 0.3) is 0 Å². The van der Waals surface area contributed by atoms with Gasteiger partial charge in [-0.1, -0.05) is 36.6 Å². The molecule has 0 aliphatic heterocycles.